The third kappa shape index (κ3) is 4.67. The summed E-state index contributed by atoms with van der Waals surface area (Å²) in [4.78, 5) is 25.2. The Balaban J connectivity index is 2.71. The minimum Gasteiger partial charge on any atom is -0.355 e. The Morgan fingerprint density at radius 1 is 1.37 bits per heavy atom. The van der Waals surface area contributed by atoms with E-state index in [9.17, 15) is 9.59 Å². The van der Waals surface area contributed by atoms with Gasteiger partial charge >= 0.3 is 0 Å². The fourth-order valence-corrected chi connectivity index (χ4v) is 2.03. The van der Waals surface area contributed by atoms with E-state index in [1.54, 1.807) is 7.05 Å². The van der Waals surface area contributed by atoms with Crippen LogP contribution in [0.4, 0.5) is 0 Å². The van der Waals surface area contributed by atoms with Gasteiger partial charge in [-0.05, 0) is 41.4 Å². The third-order valence-corrected chi connectivity index (χ3v) is 3.34. The molecule has 4 nitrogen and oxygen atoms in total. The number of hydrogen-bond acceptors (Lipinski definition) is 2. The summed E-state index contributed by atoms with van der Waals surface area (Å²) in [5.41, 5.74) is 1.58. The van der Waals surface area contributed by atoms with Gasteiger partial charge in [0.25, 0.3) is 5.91 Å². The monoisotopic (exact) mass is 326 g/mol. The second-order valence-electron chi connectivity index (χ2n) is 4.49. The summed E-state index contributed by atoms with van der Waals surface area (Å²) in [5.74, 6) is -0.302. The molecule has 0 bridgehead atoms. The van der Waals surface area contributed by atoms with Gasteiger partial charge in [0.15, 0.2) is 0 Å². The highest BCUT2D eigenvalue weighted by Crippen LogP contribution is 2.19. The van der Waals surface area contributed by atoms with Crippen LogP contribution >= 0.6 is 15.9 Å². The maximum Gasteiger partial charge on any atom is 0.255 e. The van der Waals surface area contributed by atoms with E-state index in [1.807, 2.05) is 32.0 Å². The molecule has 0 aliphatic heterocycles. The Morgan fingerprint density at radius 3 is 2.68 bits per heavy atom. The van der Waals surface area contributed by atoms with Crippen LogP contribution in [0, 0.1) is 6.92 Å². The molecule has 0 radical (unpaired) electrons. The van der Waals surface area contributed by atoms with E-state index < -0.39 is 0 Å². The van der Waals surface area contributed by atoms with Crippen LogP contribution in [0.5, 0.6) is 0 Å². The van der Waals surface area contributed by atoms with Crippen LogP contribution in [0.1, 0.15) is 29.3 Å². The molecule has 5 heteroatoms. The molecule has 0 aliphatic rings. The molecule has 1 rings (SSSR count). The minimum atomic E-state index is -0.165. The fraction of sp³-hybridized carbons (Fsp3) is 0.429. The first-order valence-corrected chi connectivity index (χ1v) is 7.03. The molecule has 2 amide bonds. The van der Waals surface area contributed by atoms with Crippen molar-refractivity contribution in [2.75, 3.05) is 20.1 Å². The second kappa shape index (κ2) is 7.28. The summed E-state index contributed by atoms with van der Waals surface area (Å²) in [6, 6.07) is 5.58. The topological polar surface area (TPSA) is 49.4 Å². The molecular weight excluding hydrogens is 308 g/mol. The molecule has 0 saturated heterocycles. The molecule has 19 heavy (non-hydrogen) atoms. The highest BCUT2D eigenvalue weighted by atomic mass is 79.9. The molecule has 1 aromatic rings. The maximum atomic E-state index is 12.2. The molecule has 1 N–H and O–H groups in total. The summed E-state index contributed by atoms with van der Waals surface area (Å²) >= 11 is 3.36. The number of hydrogen-bond donors (Lipinski definition) is 1. The molecule has 1 aromatic carbocycles. The number of nitrogens with one attached hydrogen (secondary N) is 1. The van der Waals surface area contributed by atoms with Crippen molar-refractivity contribution in [2.24, 2.45) is 0 Å². The minimum absolute atomic E-state index is 0.0687. The van der Waals surface area contributed by atoms with Gasteiger partial charge in [-0.25, -0.2) is 0 Å². The van der Waals surface area contributed by atoms with E-state index in [-0.39, 0.29) is 18.4 Å². The standard InChI is InChI=1S/C14H19BrN2O2/c1-4-7-16-13(18)9-17(3)14(19)11-8-10(2)5-6-12(11)15/h5-6,8H,4,7,9H2,1-3H3,(H,16,18). The van der Waals surface area contributed by atoms with E-state index >= 15 is 0 Å². The molecule has 0 unspecified atom stereocenters. The Bertz CT molecular complexity index is 475. The van der Waals surface area contributed by atoms with Gasteiger partial charge in [0.05, 0.1) is 12.1 Å². The first-order chi connectivity index (χ1) is 8.95. The summed E-state index contributed by atoms with van der Waals surface area (Å²) in [7, 11) is 1.63. The van der Waals surface area contributed by atoms with Crippen LogP contribution in [0.3, 0.4) is 0 Å². The quantitative estimate of drug-likeness (QED) is 0.903. The van der Waals surface area contributed by atoms with Crippen LogP contribution in [-0.4, -0.2) is 36.9 Å². The second-order valence-corrected chi connectivity index (χ2v) is 5.35. The first kappa shape index (κ1) is 15.7. The summed E-state index contributed by atoms with van der Waals surface area (Å²) < 4.78 is 0.740. The number of aryl methyl sites for hydroxylation is 1. The number of carbonyl (C=O) groups is 2. The van der Waals surface area contributed by atoms with Crippen molar-refractivity contribution in [3.63, 3.8) is 0 Å². The summed E-state index contributed by atoms with van der Waals surface area (Å²) in [6.45, 7) is 4.62. The highest BCUT2D eigenvalue weighted by Gasteiger charge is 2.17. The zero-order chi connectivity index (χ0) is 14.4. The van der Waals surface area contributed by atoms with Crippen LogP contribution in [0.25, 0.3) is 0 Å². The van der Waals surface area contributed by atoms with E-state index in [4.69, 9.17) is 0 Å². The SMILES string of the molecule is CCCNC(=O)CN(C)C(=O)c1cc(C)ccc1Br. The van der Waals surface area contributed by atoms with Crippen molar-refractivity contribution in [2.45, 2.75) is 20.3 Å². The highest BCUT2D eigenvalue weighted by molar-refractivity contribution is 9.10. The maximum absolute atomic E-state index is 12.2. The van der Waals surface area contributed by atoms with Gasteiger partial charge in [-0.1, -0.05) is 18.6 Å². The van der Waals surface area contributed by atoms with Crippen LogP contribution in [-0.2, 0) is 4.79 Å². The van der Waals surface area contributed by atoms with Crippen LogP contribution in [0.2, 0.25) is 0 Å². The van der Waals surface area contributed by atoms with Crippen molar-refractivity contribution >= 4 is 27.7 Å². The average Bonchev–Trinajstić information content (AvgIpc) is 2.38. The smallest absolute Gasteiger partial charge is 0.255 e. The Morgan fingerprint density at radius 2 is 2.05 bits per heavy atom. The predicted molar refractivity (Wildman–Crippen MR) is 79.1 cm³/mol. The Hall–Kier alpha value is -1.36. The van der Waals surface area contributed by atoms with Gasteiger partial charge in [-0.3, -0.25) is 9.59 Å². The molecule has 0 heterocycles. The average molecular weight is 327 g/mol. The normalized spacial score (nSPS) is 10.1. The number of carbonyl (C=O) groups excluding carboxylic acids is 2. The number of rotatable bonds is 5. The van der Waals surface area contributed by atoms with Gasteiger partial charge in [-0.2, -0.15) is 0 Å². The lowest BCUT2D eigenvalue weighted by atomic mass is 10.1. The van der Waals surface area contributed by atoms with Crippen molar-refractivity contribution in [1.82, 2.24) is 10.2 Å². The number of benzene rings is 1. The fourth-order valence-electron chi connectivity index (χ4n) is 1.62. The molecular formula is C14H19BrN2O2. The van der Waals surface area contributed by atoms with E-state index in [1.165, 1.54) is 4.90 Å². The van der Waals surface area contributed by atoms with Crippen LogP contribution in [0.15, 0.2) is 22.7 Å². The number of halogens is 1. The number of nitrogens with zero attached hydrogens (tertiary/aromatic N) is 1. The zero-order valence-electron chi connectivity index (χ0n) is 11.5. The van der Waals surface area contributed by atoms with Crippen LogP contribution < -0.4 is 5.32 Å². The van der Waals surface area contributed by atoms with Gasteiger partial charge in [0, 0.05) is 18.1 Å². The van der Waals surface area contributed by atoms with Crippen molar-refractivity contribution in [1.29, 1.82) is 0 Å². The first-order valence-electron chi connectivity index (χ1n) is 6.24. The Kier molecular flexibility index (Phi) is 6.02. The Labute approximate surface area is 122 Å². The van der Waals surface area contributed by atoms with E-state index in [0.717, 1.165) is 16.5 Å². The van der Waals surface area contributed by atoms with Gasteiger partial charge in [0.2, 0.25) is 5.91 Å². The molecule has 0 aliphatic carbocycles. The largest absolute Gasteiger partial charge is 0.355 e. The number of amides is 2. The third-order valence-electron chi connectivity index (χ3n) is 2.65. The van der Waals surface area contributed by atoms with Gasteiger partial charge < -0.3 is 10.2 Å². The van der Waals surface area contributed by atoms with Crippen molar-refractivity contribution < 1.29 is 9.59 Å². The van der Waals surface area contributed by atoms with Crippen molar-refractivity contribution in [3.05, 3.63) is 33.8 Å². The predicted octanol–water partition coefficient (Wildman–Crippen LogP) is 2.36. The number of likely N-dealkylation sites (N-methyl/N-ethyl adjacent to an activating group) is 1. The summed E-state index contributed by atoms with van der Waals surface area (Å²) in [5, 5.41) is 2.75. The van der Waals surface area contributed by atoms with E-state index in [2.05, 4.69) is 21.2 Å². The zero-order valence-corrected chi connectivity index (χ0v) is 13.1. The molecule has 104 valence electrons. The van der Waals surface area contributed by atoms with Crippen molar-refractivity contribution in [3.8, 4) is 0 Å². The molecule has 0 saturated carbocycles. The van der Waals surface area contributed by atoms with E-state index in [0.29, 0.717) is 12.1 Å². The molecule has 0 atom stereocenters. The lowest BCUT2D eigenvalue weighted by Gasteiger charge is -2.17. The molecule has 0 spiro atoms. The molecule has 0 aromatic heterocycles. The van der Waals surface area contributed by atoms with Gasteiger partial charge in [-0.15, -0.1) is 0 Å². The lowest BCUT2D eigenvalue weighted by molar-refractivity contribution is -0.121. The molecule has 0 fully saturated rings. The van der Waals surface area contributed by atoms with Gasteiger partial charge in [0.1, 0.15) is 0 Å². The summed E-state index contributed by atoms with van der Waals surface area (Å²) in [6.07, 6.45) is 0.882. The lowest BCUT2D eigenvalue weighted by Crippen LogP contribution is -2.38.